The van der Waals surface area contributed by atoms with Crippen molar-refractivity contribution in [1.29, 1.82) is 0 Å². The number of benzene rings is 4. The molecular formula is C73H85N12O12S4-. The molecule has 0 saturated carbocycles. The number of hydrogen-bond donors (Lipinski definition) is 2. The zero-order chi connectivity index (χ0) is 73.8. The predicted octanol–water partition coefficient (Wildman–Crippen LogP) is 13.4. The van der Waals surface area contributed by atoms with Crippen LogP contribution < -0.4 is 38.1 Å². The number of ether oxygens (including phenoxy) is 8. The van der Waals surface area contributed by atoms with Gasteiger partial charge in [0.15, 0.2) is 10.3 Å². The number of carbonyl (C=O) groups excluding carboxylic acids is 1. The van der Waals surface area contributed by atoms with Crippen LogP contribution in [0, 0.1) is 55.4 Å². The Kier molecular flexibility index (Phi) is 28.7. The molecule has 28 heteroatoms. The first-order valence-corrected chi connectivity index (χ1v) is 36.2. The molecule has 8 aromatic heterocycles. The van der Waals surface area contributed by atoms with E-state index < -0.39 is 32.4 Å². The summed E-state index contributed by atoms with van der Waals surface area (Å²) >= 11 is 1.63. The Morgan fingerprint density at radius 1 is 0.485 bits per heavy atom. The van der Waals surface area contributed by atoms with Gasteiger partial charge in [-0.2, -0.15) is 0 Å². The van der Waals surface area contributed by atoms with Crippen LogP contribution in [0.15, 0.2) is 137 Å². The van der Waals surface area contributed by atoms with Crippen LogP contribution in [0.2, 0.25) is 0 Å². The summed E-state index contributed by atoms with van der Waals surface area (Å²) < 4.78 is 81.2. The number of nitrogens with zero attached hydrogens (tertiary/aromatic N) is 10. The number of thioether (sulfide) groups is 1. The first-order valence-electron chi connectivity index (χ1n) is 31.2. The van der Waals surface area contributed by atoms with Crippen molar-refractivity contribution < 1.29 is 55.3 Å². The summed E-state index contributed by atoms with van der Waals surface area (Å²) in [6, 6.07) is 24.0. The second-order valence-corrected chi connectivity index (χ2v) is 27.3. The van der Waals surface area contributed by atoms with Gasteiger partial charge in [-0.05, 0) is 115 Å². The lowest BCUT2D eigenvalue weighted by Gasteiger charge is -2.12. The zero-order valence-electron chi connectivity index (χ0n) is 60.1. The highest BCUT2D eigenvalue weighted by molar-refractivity contribution is 7.98. The lowest BCUT2D eigenvalue weighted by Crippen LogP contribution is -2.13. The lowest BCUT2D eigenvalue weighted by atomic mass is 10.1. The summed E-state index contributed by atoms with van der Waals surface area (Å²) in [6.45, 7) is 23.0. The topological polar surface area (TPSA) is 296 Å². The quantitative estimate of drug-likeness (QED) is 0.0561. The van der Waals surface area contributed by atoms with Crippen LogP contribution in [0.3, 0.4) is 0 Å². The molecule has 0 aliphatic heterocycles. The van der Waals surface area contributed by atoms with Gasteiger partial charge in [-0.25, -0.2) is 15.0 Å². The average Bonchev–Trinajstić information content (AvgIpc) is 1.67. The monoisotopic (exact) mass is 1450 g/mol. The van der Waals surface area contributed by atoms with Crippen LogP contribution in [0.25, 0.3) is 44.1 Å². The third-order valence-corrected chi connectivity index (χ3v) is 20.0. The van der Waals surface area contributed by atoms with Gasteiger partial charge in [-0.15, -0.1) is 13.2 Å². The van der Waals surface area contributed by atoms with Crippen molar-refractivity contribution in [2.24, 2.45) is 0 Å². The van der Waals surface area contributed by atoms with Gasteiger partial charge in [0, 0.05) is 113 Å². The van der Waals surface area contributed by atoms with Gasteiger partial charge in [-0.1, -0.05) is 30.0 Å². The molecule has 12 rings (SSSR count). The molecule has 101 heavy (non-hydrogen) atoms. The van der Waals surface area contributed by atoms with E-state index >= 15 is 0 Å². The number of nitrogens with one attached hydrogen (secondary N) is 2. The molecule has 2 N–H and O–H groups in total. The fourth-order valence-corrected chi connectivity index (χ4v) is 14.9. The minimum absolute atomic E-state index is 0.166. The molecule has 24 nitrogen and oxygen atoms in total. The van der Waals surface area contributed by atoms with Crippen molar-refractivity contribution in [2.45, 2.75) is 106 Å². The number of carbonyl (C=O) groups is 1. The van der Waals surface area contributed by atoms with Crippen molar-refractivity contribution in [1.82, 2.24) is 59.4 Å². The molecule has 0 fully saturated rings. The highest BCUT2D eigenvalue weighted by Crippen LogP contribution is 2.33. The molecule has 0 saturated heterocycles. The molecule has 0 spiro atoms. The van der Waals surface area contributed by atoms with Crippen LogP contribution in [-0.4, -0.2) is 137 Å². The standard InChI is InChI=1S/C18H19N3O3S.C17H19N3O3S.C17H18N3O3S.C17H19N3O2S.C2H6O.C2H4/c1-11-9-19-15(12(2)17(11)24-4)10-25(23)18-20-14-7-5-6-8-16(14)21(18)13(3)22;2*1-10-8-18-15(11(2)16(10)23-4)9-24(21)17-19-13-6-5-12(22-3)7-14(13)20-17;1-10-8-18-15(11(2)16(10)22-4)9-23-17-19-13-6-5-12(21-3)7-14(13)20-17;1-3-2;1-2/h5-9H,10H2,1-4H3;5-8H,9H2,1-4H3,(H,19,20);5-8H,9H2,1-4H3;5-8H,9H2,1-4H3,(H,19,20);1-2H3;1-2H2/q;;-1;;;. The Balaban J connectivity index is 0.000000185. The van der Waals surface area contributed by atoms with Crippen LogP contribution in [0.5, 0.6) is 40.2 Å². The molecule has 4 aromatic carbocycles. The predicted molar refractivity (Wildman–Crippen MR) is 398 cm³/mol. The summed E-state index contributed by atoms with van der Waals surface area (Å²) in [5.74, 6) is 6.65. The van der Waals surface area contributed by atoms with Crippen molar-refractivity contribution >= 4 is 94.2 Å². The van der Waals surface area contributed by atoms with Crippen LogP contribution in [0.4, 0.5) is 0 Å². The average molecular weight is 1450 g/mol. The third kappa shape index (κ3) is 19.2. The van der Waals surface area contributed by atoms with Crippen LogP contribution in [-0.2, 0) is 60.1 Å². The number of rotatable bonds is 19. The number of methoxy groups -OCH3 is 8. The maximum absolute atomic E-state index is 12.9. The number of imidazole rings is 4. The van der Waals surface area contributed by atoms with E-state index in [9.17, 15) is 17.4 Å². The number of pyridine rings is 4. The maximum Gasteiger partial charge on any atom is 0.230 e. The molecule has 534 valence electrons. The Hall–Kier alpha value is -9.87. The minimum atomic E-state index is -1.51. The van der Waals surface area contributed by atoms with E-state index in [0.717, 1.165) is 129 Å². The van der Waals surface area contributed by atoms with Gasteiger partial charge in [0.1, 0.15) is 40.2 Å². The van der Waals surface area contributed by atoms with E-state index in [0.29, 0.717) is 43.8 Å². The van der Waals surface area contributed by atoms with Gasteiger partial charge in [0.25, 0.3) is 0 Å². The van der Waals surface area contributed by atoms with Crippen LogP contribution >= 0.6 is 11.8 Å². The number of para-hydroxylation sites is 2. The second-order valence-electron chi connectivity index (χ2n) is 22.3. The summed E-state index contributed by atoms with van der Waals surface area (Å²) in [6.07, 6.45) is 7.02. The molecule has 0 aliphatic carbocycles. The number of fused-ring (bicyclic) bond motifs is 4. The van der Waals surface area contributed by atoms with E-state index in [1.807, 2.05) is 110 Å². The fraction of sp³-hybridized carbons (Fsp3) is 0.301. The van der Waals surface area contributed by atoms with Crippen molar-refractivity contribution in [3.05, 3.63) is 184 Å². The lowest BCUT2D eigenvalue weighted by molar-refractivity contribution is 0.0930. The molecule has 0 amide bonds. The zero-order valence-corrected chi connectivity index (χ0v) is 63.3. The molecule has 3 unspecified atom stereocenters. The molecule has 0 bridgehead atoms. The second kappa shape index (κ2) is 37.0. The smallest absolute Gasteiger partial charge is 0.230 e. The fourth-order valence-electron chi connectivity index (χ4n) is 10.5. The Morgan fingerprint density at radius 2 is 0.911 bits per heavy atom. The molecule has 12 aromatic rings. The SMILES string of the molecule is C=C.COC.COc1c(C)cnc(CS(=O)c2nc3ccccc3n2C(C)=O)c1C.COc1ccc2[n-]c(S(=O)Cc3ncc(C)c(OC)c3C)nc2c1.COc1ccc2nc(S(=O)Cc3ncc(C)c(OC)c3C)[nH]c2c1.COc1ccc2nc(SCc3ncc(C)c(OC)c3C)[nH]c2c1. The molecular weight excluding hydrogens is 1370 g/mol. The maximum atomic E-state index is 12.9. The largest absolute Gasteiger partial charge is 0.497 e. The normalized spacial score (nSPS) is 11.6. The Morgan fingerprint density at radius 3 is 1.40 bits per heavy atom. The number of aromatic amines is 2. The number of hydrogen-bond acceptors (Lipinski definition) is 21. The van der Waals surface area contributed by atoms with Crippen LogP contribution in [0.1, 0.15) is 79.0 Å². The number of H-pyrrole nitrogens is 2. The summed E-state index contributed by atoms with van der Waals surface area (Å²) in [5.41, 5.74) is 16.9. The van der Waals surface area contributed by atoms with Gasteiger partial charge in [-0.3, -0.25) is 41.9 Å². The number of aryl methyl sites for hydroxylation is 4. The molecule has 8 heterocycles. The molecule has 0 aliphatic rings. The molecule has 3 atom stereocenters. The van der Waals surface area contributed by atoms with Gasteiger partial charge < -0.3 is 57.8 Å². The number of aromatic nitrogens is 12. The minimum Gasteiger partial charge on any atom is -0.497 e. The van der Waals surface area contributed by atoms with Crippen molar-refractivity contribution in [3.8, 4) is 40.2 Å². The first kappa shape index (κ1) is 78.5. The summed E-state index contributed by atoms with van der Waals surface area (Å²) in [7, 11) is 10.4. The van der Waals surface area contributed by atoms with Gasteiger partial charge in [0.2, 0.25) is 11.1 Å². The Labute approximate surface area is 599 Å². The summed E-state index contributed by atoms with van der Waals surface area (Å²) in [5, 5.41) is 1.85. The van der Waals surface area contributed by atoms with E-state index in [2.05, 4.69) is 72.7 Å². The van der Waals surface area contributed by atoms with Gasteiger partial charge >= 0.3 is 0 Å². The van der Waals surface area contributed by atoms with E-state index in [1.54, 1.807) is 125 Å². The molecule has 0 radical (unpaired) electrons. The van der Waals surface area contributed by atoms with E-state index in [-0.39, 0.29) is 28.3 Å². The van der Waals surface area contributed by atoms with Gasteiger partial charge in [0.05, 0.1) is 155 Å². The van der Waals surface area contributed by atoms with E-state index in [1.165, 1.54) is 11.5 Å². The van der Waals surface area contributed by atoms with E-state index in [4.69, 9.17) is 33.2 Å². The van der Waals surface area contributed by atoms with Crippen molar-refractivity contribution in [2.75, 3.05) is 64.0 Å². The van der Waals surface area contributed by atoms with Crippen molar-refractivity contribution in [3.63, 3.8) is 0 Å². The first-order chi connectivity index (χ1) is 48.5. The highest BCUT2D eigenvalue weighted by atomic mass is 32.2. The third-order valence-electron chi connectivity index (χ3n) is 15.6. The Bertz CT molecular complexity index is 4780. The highest BCUT2D eigenvalue weighted by Gasteiger charge is 2.23. The summed E-state index contributed by atoms with van der Waals surface area (Å²) in [4.78, 5) is 58.3.